The molecule has 2 aliphatic heterocycles. The van der Waals surface area contributed by atoms with Crippen molar-refractivity contribution in [3.8, 4) is 0 Å². The zero-order valence-electron chi connectivity index (χ0n) is 21.4. The summed E-state index contributed by atoms with van der Waals surface area (Å²) < 4.78 is 48.3. The number of rotatable bonds is 4. The maximum Gasteiger partial charge on any atom is 0.339 e. The number of allylic oxidation sites excluding steroid dienone is 5. The topological polar surface area (TPSA) is 92.3 Å². The van der Waals surface area contributed by atoms with Crippen molar-refractivity contribution in [1.29, 1.82) is 0 Å². The van der Waals surface area contributed by atoms with Crippen molar-refractivity contribution >= 4 is 28.6 Å². The minimum atomic E-state index is -1.84. The Morgan fingerprint density at radius 2 is 1.85 bits per heavy atom. The van der Waals surface area contributed by atoms with Gasteiger partial charge in [0, 0.05) is 52.4 Å². The molecule has 0 radical (unpaired) electrons. The fourth-order valence-electron chi connectivity index (χ4n) is 5.85. The molecule has 6 rings (SSSR count). The molecule has 10 heteroatoms. The van der Waals surface area contributed by atoms with E-state index in [-0.39, 0.29) is 5.57 Å². The molecule has 0 aromatic heterocycles. The summed E-state index contributed by atoms with van der Waals surface area (Å²) >= 11 is 0. The Morgan fingerprint density at radius 1 is 1.10 bits per heavy atom. The molecule has 0 atom stereocenters. The Kier molecular flexibility index (Phi) is 5.69. The largest absolute Gasteiger partial charge is 0.478 e. The number of aromatic carboxylic acids is 1. The van der Waals surface area contributed by atoms with Crippen LogP contribution in [-0.4, -0.2) is 47.5 Å². The van der Waals surface area contributed by atoms with E-state index in [4.69, 9.17) is 5.53 Å². The van der Waals surface area contributed by atoms with Crippen molar-refractivity contribution in [2.45, 2.75) is 32.1 Å². The van der Waals surface area contributed by atoms with Crippen LogP contribution in [0.15, 0.2) is 52.7 Å². The molecule has 4 aliphatic rings. The van der Waals surface area contributed by atoms with Gasteiger partial charge in [0.2, 0.25) is 0 Å². The predicted octanol–water partition coefficient (Wildman–Crippen LogP) is 6.40. The van der Waals surface area contributed by atoms with Crippen LogP contribution >= 0.6 is 0 Å². The molecule has 39 heavy (non-hydrogen) atoms. The van der Waals surface area contributed by atoms with Gasteiger partial charge in [0.15, 0.2) is 17.3 Å². The summed E-state index contributed by atoms with van der Waals surface area (Å²) in [5.41, 5.74) is 10.0. The van der Waals surface area contributed by atoms with E-state index in [9.17, 15) is 14.3 Å². The minimum Gasteiger partial charge on any atom is -0.478 e. The van der Waals surface area contributed by atoms with Gasteiger partial charge in [-0.1, -0.05) is 25.0 Å². The van der Waals surface area contributed by atoms with Crippen molar-refractivity contribution in [2.24, 2.45) is 5.11 Å². The minimum absolute atomic E-state index is 0.118. The Balaban J connectivity index is 1.74. The predicted molar refractivity (Wildman–Crippen MR) is 141 cm³/mol. The van der Waals surface area contributed by atoms with Crippen LogP contribution in [0.3, 0.4) is 0 Å². The van der Waals surface area contributed by atoms with Gasteiger partial charge in [0.1, 0.15) is 30.2 Å². The highest BCUT2D eigenvalue weighted by Gasteiger charge is 2.42. The fourth-order valence-corrected chi connectivity index (χ4v) is 5.85. The maximum absolute atomic E-state index is 16.1. The number of hydrogen-bond donors (Lipinski definition) is 1. The maximum atomic E-state index is 16.1. The van der Waals surface area contributed by atoms with E-state index >= 15 is 8.78 Å². The number of hydrogen-bond acceptors (Lipinski definition) is 3. The second kappa shape index (κ2) is 8.88. The first-order chi connectivity index (χ1) is 18.6. The number of azide groups is 1. The Hall–Kier alpha value is -4.30. The zero-order valence-corrected chi connectivity index (χ0v) is 21.4. The summed E-state index contributed by atoms with van der Waals surface area (Å²) in [6, 6.07) is 5.67. The zero-order chi connectivity index (χ0) is 27.6. The van der Waals surface area contributed by atoms with E-state index < -0.39 is 45.7 Å². The van der Waals surface area contributed by atoms with Crippen molar-refractivity contribution in [3.05, 3.63) is 97.7 Å². The molecule has 0 unspecified atom stereocenters. The second-order valence-corrected chi connectivity index (χ2v) is 10.7. The van der Waals surface area contributed by atoms with Crippen LogP contribution in [-0.2, 0) is 5.41 Å². The molecule has 2 aliphatic carbocycles. The first-order valence-electron chi connectivity index (χ1n) is 12.8. The van der Waals surface area contributed by atoms with Crippen molar-refractivity contribution < 1.29 is 27.6 Å². The van der Waals surface area contributed by atoms with E-state index in [0.29, 0.717) is 11.1 Å². The van der Waals surface area contributed by atoms with Crippen molar-refractivity contribution in [2.75, 3.05) is 31.1 Å². The molecule has 0 spiro atoms. The molecule has 2 saturated heterocycles. The molecule has 2 aromatic rings. The summed E-state index contributed by atoms with van der Waals surface area (Å²) in [5.74, 6) is -6.88. The average Bonchev–Trinajstić information content (AvgIpc) is 2.83. The second-order valence-electron chi connectivity index (χ2n) is 10.7. The third-order valence-corrected chi connectivity index (χ3v) is 8.24. The van der Waals surface area contributed by atoms with Crippen LogP contribution in [0, 0.1) is 17.5 Å². The van der Waals surface area contributed by atoms with Crippen LogP contribution in [0.2, 0.25) is 0 Å². The Morgan fingerprint density at radius 3 is 2.44 bits per heavy atom. The lowest BCUT2D eigenvalue weighted by atomic mass is 9.64. The van der Waals surface area contributed by atoms with E-state index in [0.717, 1.165) is 61.6 Å². The first-order valence-corrected chi connectivity index (χ1v) is 12.8. The highest BCUT2D eigenvalue weighted by atomic mass is 19.2. The summed E-state index contributed by atoms with van der Waals surface area (Å²) in [6.45, 7) is 7.71. The van der Waals surface area contributed by atoms with Crippen LogP contribution in [0.25, 0.3) is 16.0 Å². The van der Waals surface area contributed by atoms with Crippen LogP contribution in [0.5, 0.6) is 0 Å². The van der Waals surface area contributed by atoms with Gasteiger partial charge < -0.3 is 10.0 Å². The summed E-state index contributed by atoms with van der Waals surface area (Å²) in [6.07, 6.45) is 7.82. The van der Waals surface area contributed by atoms with E-state index in [2.05, 4.69) is 19.5 Å². The molecule has 0 bridgehead atoms. The summed E-state index contributed by atoms with van der Waals surface area (Å²) in [7, 11) is 0. The number of benzene rings is 2. The van der Waals surface area contributed by atoms with Gasteiger partial charge in [-0.2, -0.15) is 0 Å². The quantitative estimate of drug-likeness (QED) is 0.162. The molecule has 1 N–H and O–H groups in total. The van der Waals surface area contributed by atoms with E-state index in [1.165, 1.54) is 0 Å². The fraction of sp³-hybridized carbons (Fsp3) is 0.310. The number of halogens is 3. The molecule has 2 heterocycles. The lowest BCUT2D eigenvalue weighted by Crippen LogP contribution is -2.38. The van der Waals surface area contributed by atoms with Crippen LogP contribution in [0.4, 0.5) is 24.5 Å². The summed E-state index contributed by atoms with van der Waals surface area (Å²) in [4.78, 5) is 16.9. The van der Waals surface area contributed by atoms with Gasteiger partial charge >= 0.3 is 5.97 Å². The van der Waals surface area contributed by atoms with E-state index in [1.54, 1.807) is 12.1 Å². The van der Waals surface area contributed by atoms with Crippen LogP contribution < -0.4 is 4.90 Å². The number of carboxylic acids is 1. The molecule has 2 aromatic carbocycles. The molecular formula is C29H25F3N5O2+. The lowest BCUT2D eigenvalue weighted by Gasteiger charge is -2.41. The highest BCUT2D eigenvalue weighted by molar-refractivity contribution is 6.08. The lowest BCUT2D eigenvalue weighted by molar-refractivity contribution is -0.582. The smallest absolute Gasteiger partial charge is 0.339 e. The SMILES string of the molecule is CC1(C)C2=CC(=[N+]3CCC3)C=CC2=C(c2c(F)c(N=[N+]=[N-])c(F)c(F)c2C(=O)O)c2ccc(N3CCC3)cc21. The number of nitrogens with zero attached hydrogens (tertiary/aromatic N) is 5. The number of anilines is 1. The molecular weight excluding hydrogens is 507 g/mol. The highest BCUT2D eigenvalue weighted by Crippen LogP contribution is 2.52. The summed E-state index contributed by atoms with van der Waals surface area (Å²) in [5, 5.41) is 13.0. The number of fused-ring (bicyclic) bond motifs is 2. The Bertz CT molecular complexity index is 1650. The average molecular weight is 533 g/mol. The third-order valence-electron chi connectivity index (χ3n) is 8.24. The van der Waals surface area contributed by atoms with Gasteiger partial charge in [0.25, 0.3) is 0 Å². The van der Waals surface area contributed by atoms with Gasteiger partial charge in [-0.15, -0.1) is 0 Å². The standard InChI is InChI=1S/C29H24F3N5O2/c1-29(2)19-13-15(36-9-3-10-36)5-7-17(19)21(18-8-6-16(14-20(18)29)37-11-4-12-37)22-23(28(38)39)24(30)26(32)27(25(22)31)34-35-33/h5-8,13-14H,3-4,9-12H2,1-2H3/p+1. The van der Waals surface area contributed by atoms with E-state index in [1.807, 2.05) is 38.1 Å². The normalized spacial score (nSPS) is 19.0. The van der Waals surface area contributed by atoms with Gasteiger partial charge in [-0.25, -0.2) is 22.5 Å². The molecule has 7 nitrogen and oxygen atoms in total. The molecule has 0 saturated carbocycles. The number of carboxylic acid groups (broad SMARTS) is 1. The molecule has 0 amide bonds. The van der Waals surface area contributed by atoms with Crippen molar-refractivity contribution in [1.82, 2.24) is 0 Å². The molecule has 2 fully saturated rings. The number of carbonyl (C=O) groups is 1. The van der Waals surface area contributed by atoms with Crippen molar-refractivity contribution in [3.63, 3.8) is 0 Å². The van der Waals surface area contributed by atoms with Crippen LogP contribution in [0.1, 0.15) is 53.7 Å². The third kappa shape index (κ3) is 3.62. The Labute approximate surface area is 222 Å². The first kappa shape index (κ1) is 25.0. The monoisotopic (exact) mass is 532 g/mol. The molecule has 198 valence electrons. The van der Waals surface area contributed by atoms with Gasteiger partial charge in [-0.3, -0.25) is 0 Å². The van der Waals surface area contributed by atoms with Gasteiger partial charge in [0.05, 0.1) is 6.42 Å². The van der Waals surface area contributed by atoms with Gasteiger partial charge in [-0.05, 0) is 52.4 Å².